The largest absolute Gasteiger partial charge is 0.379 e. The van der Waals surface area contributed by atoms with Gasteiger partial charge in [-0.1, -0.05) is 0 Å². The van der Waals surface area contributed by atoms with E-state index in [9.17, 15) is 0 Å². The summed E-state index contributed by atoms with van der Waals surface area (Å²) in [6.45, 7) is 4.90. The second kappa shape index (κ2) is 8.40. The molecule has 1 aromatic carbocycles. The molecule has 0 spiro atoms. The van der Waals surface area contributed by atoms with Crippen LogP contribution in [0.25, 0.3) is 0 Å². The minimum absolute atomic E-state index is 0. The average molecular weight is 323 g/mol. The second-order valence-corrected chi connectivity index (χ2v) is 3.30. The van der Waals surface area contributed by atoms with Gasteiger partial charge >= 0.3 is 0 Å². The third-order valence-electron chi connectivity index (χ3n) is 2.30. The minimum Gasteiger partial charge on any atom is -0.379 e. The molecule has 1 saturated heterocycles. The molecule has 0 bridgehead atoms. The van der Waals surface area contributed by atoms with E-state index in [-0.39, 0.29) is 36.5 Å². The number of nitrogens with zero attached hydrogens (tertiary/aromatic N) is 1. The molecule has 0 saturated carbocycles. The molecule has 2 rings (SSSR count). The van der Waals surface area contributed by atoms with E-state index in [4.69, 9.17) is 4.74 Å². The van der Waals surface area contributed by atoms with Gasteiger partial charge < -0.3 is 4.74 Å². The summed E-state index contributed by atoms with van der Waals surface area (Å²) in [6.07, 6.45) is 0. The molecule has 1 aromatic rings. The van der Waals surface area contributed by atoms with Crippen molar-refractivity contribution in [3.63, 3.8) is 0 Å². The monoisotopic (exact) mass is 320 g/mol. The molecule has 1 fully saturated rings. The Labute approximate surface area is 115 Å². The Hall–Kier alpha value is 0.243. The van der Waals surface area contributed by atoms with Gasteiger partial charge in [0.2, 0.25) is 0 Å². The fourth-order valence-electron chi connectivity index (χ4n) is 1.54. The Balaban J connectivity index is 0.000000980. The van der Waals surface area contributed by atoms with Gasteiger partial charge in [0.05, 0.1) is 13.2 Å². The summed E-state index contributed by atoms with van der Waals surface area (Å²) < 4.78 is 5.29. The predicted molar refractivity (Wildman–Crippen MR) is 61.7 cm³/mol. The van der Waals surface area contributed by atoms with E-state index in [1.54, 1.807) is 0 Å². The molecule has 0 amide bonds. The summed E-state index contributed by atoms with van der Waals surface area (Å²) >= 11 is 0. The first-order chi connectivity index (χ1) is 6.45. The Morgan fingerprint density at radius 2 is 1.80 bits per heavy atom. The van der Waals surface area contributed by atoms with Crippen LogP contribution in [-0.4, -0.2) is 31.2 Å². The Bertz CT molecular complexity index is 252. The first kappa shape index (κ1) is 15.2. The predicted octanol–water partition coefficient (Wildman–Crippen LogP) is 1.89. The zero-order valence-electron chi connectivity index (χ0n) is 8.82. The fourth-order valence-corrected chi connectivity index (χ4v) is 1.54. The topological polar surface area (TPSA) is 12.5 Å². The molecule has 0 radical (unpaired) electrons. The van der Waals surface area contributed by atoms with E-state index in [0.717, 1.165) is 32.8 Å². The van der Waals surface area contributed by atoms with Crippen LogP contribution in [0.4, 0.5) is 0 Å². The molecule has 4 heteroatoms. The van der Waals surface area contributed by atoms with E-state index in [2.05, 4.69) is 23.1 Å². The molecule has 0 atom stereocenters. The number of halogens is 1. The molecule has 15 heavy (non-hydrogen) atoms. The van der Waals surface area contributed by atoms with Gasteiger partial charge in [-0.05, 0) is 0 Å². The van der Waals surface area contributed by atoms with Crippen LogP contribution in [0.2, 0.25) is 0 Å². The molecule has 2 nitrogen and oxygen atoms in total. The maximum Gasteiger partial charge on any atom is 0.0594 e. The normalized spacial score (nSPS) is 16.3. The molecule has 0 unspecified atom stereocenters. The van der Waals surface area contributed by atoms with Crippen molar-refractivity contribution in [1.29, 1.82) is 0 Å². The summed E-state index contributed by atoms with van der Waals surface area (Å²) in [5.41, 5.74) is 1.36. The summed E-state index contributed by atoms with van der Waals surface area (Å²) in [6, 6.07) is 11.2. The number of hydrogen-bond donors (Lipinski definition) is 0. The van der Waals surface area contributed by atoms with Crippen LogP contribution in [0.5, 0.6) is 0 Å². The van der Waals surface area contributed by atoms with Crippen molar-refractivity contribution in [2.24, 2.45) is 0 Å². The van der Waals surface area contributed by atoms with Crippen molar-refractivity contribution >= 4 is 17.0 Å². The smallest absolute Gasteiger partial charge is 0.0594 e. The van der Waals surface area contributed by atoms with E-state index in [0.29, 0.717) is 0 Å². The molecule has 1 aliphatic rings. The van der Waals surface area contributed by atoms with Crippen molar-refractivity contribution < 1.29 is 24.2 Å². The van der Waals surface area contributed by atoms with Crippen LogP contribution in [0.15, 0.2) is 24.3 Å². The van der Waals surface area contributed by atoms with Gasteiger partial charge in [0, 0.05) is 39.1 Å². The van der Waals surface area contributed by atoms with Gasteiger partial charge in [-0.15, -0.1) is 22.5 Å². The van der Waals surface area contributed by atoms with Crippen molar-refractivity contribution in [1.82, 2.24) is 4.90 Å². The summed E-state index contributed by atoms with van der Waals surface area (Å²) in [5.74, 6) is 0. The molecular formula is C11H15BrNOZn-. The quantitative estimate of drug-likeness (QED) is 0.609. The average Bonchev–Trinajstić information content (AvgIpc) is 2.21. The van der Waals surface area contributed by atoms with Gasteiger partial charge in [0.1, 0.15) is 0 Å². The van der Waals surface area contributed by atoms with Crippen LogP contribution in [0.1, 0.15) is 5.56 Å². The van der Waals surface area contributed by atoms with E-state index in [1.807, 2.05) is 12.1 Å². The molecular weight excluding hydrogens is 307 g/mol. The molecule has 1 aliphatic heterocycles. The zero-order valence-corrected chi connectivity index (χ0v) is 13.5. The number of rotatable bonds is 2. The standard InChI is InChI=1S/C11H14NO.BrH.Zn/c1-2-4-11(5-3-1)10-12-6-8-13-9-7-12;;/h2-5H,6-10H2;1H;/q-1;;. The molecule has 0 aliphatic carbocycles. The van der Waals surface area contributed by atoms with Gasteiger partial charge in [0.25, 0.3) is 0 Å². The number of ether oxygens (including phenoxy) is 1. The minimum atomic E-state index is 0. The molecule has 1 heterocycles. The van der Waals surface area contributed by atoms with E-state index in [1.165, 1.54) is 5.56 Å². The third kappa shape index (κ3) is 5.21. The second-order valence-electron chi connectivity index (χ2n) is 3.30. The van der Waals surface area contributed by atoms with Gasteiger partial charge in [0.15, 0.2) is 0 Å². The first-order valence-corrected chi connectivity index (χ1v) is 4.70. The third-order valence-corrected chi connectivity index (χ3v) is 2.30. The molecule has 80 valence electrons. The van der Waals surface area contributed by atoms with Crippen LogP contribution in [-0.2, 0) is 30.8 Å². The SMILES string of the molecule is Br.[Zn].[c-]1ccc(CN2CCOCC2)cc1. The van der Waals surface area contributed by atoms with Crippen LogP contribution in [0.3, 0.4) is 0 Å². The van der Waals surface area contributed by atoms with E-state index < -0.39 is 0 Å². The van der Waals surface area contributed by atoms with E-state index >= 15 is 0 Å². The first-order valence-electron chi connectivity index (χ1n) is 4.70. The summed E-state index contributed by atoms with van der Waals surface area (Å²) in [7, 11) is 0. The van der Waals surface area contributed by atoms with Crippen LogP contribution < -0.4 is 0 Å². The number of morpholine rings is 1. The van der Waals surface area contributed by atoms with Crippen molar-refractivity contribution in [2.45, 2.75) is 6.54 Å². The van der Waals surface area contributed by atoms with Gasteiger partial charge in [-0.2, -0.15) is 30.3 Å². The maximum absolute atomic E-state index is 5.29. The Morgan fingerprint density at radius 3 is 2.40 bits per heavy atom. The number of hydrogen-bond acceptors (Lipinski definition) is 2. The Kier molecular flexibility index (Phi) is 8.54. The Morgan fingerprint density at radius 1 is 1.20 bits per heavy atom. The van der Waals surface area contributed by atoms with Gasteiger partial charge in [-0.25, -0.2) is 0 Å². The van der Waals surface area contributed by atoms with Crippen molar-refractivity contribution in [3.05, 3.63) is 35.9 Å². The summed E-state index contributed by atoms with van der Waals surface area (Å²) in [4.78, 5) is 2.42. The van der Waals surface area contributed by atoms with Crippen molar-refractivity contribution in [3.8, 4) is 0 Å². The fraction of sp³-hybridized carbons (Fsp3) is 0.455. The number of benzene rings is 1. The molecule has 0 N–H and O–H groups in total. The van der Waals surface area contributed by atoms with Crippen LogP contribution >= 0.6 is 17.0 Å². The zero-order chi connectivity index (χ0) is 8.93. The van der Waals surface area contributed by atoms with Crippen LogP contribution in [0, 0.1) is 6.07 Å². The molecule has 0 aromatic heterocycles. The summed E-state index contributed by atoms with van der Waals surface area (Å²) in [5, 5.41) is 0. The van der Waals surface area contributed by atoms with Crippen molar-refractivity contribution in [2.75, 3.05) is 26.3 Å². The van der Waals surface area contributed by atoms with Gasteiger partial charge in [-0.3, -0.25) is 4.90 Å². The maximum atomic E-state index is 5.29.